The standard InChI is InChI=1S/C13H14ClNO4S2/c1-19-9-2-4-11(14)12(8-9)15-21(17,18)13-5-3-10(20-13)6-7-16/h2-5,8,15-16H,6-7H2,1H3. The van der Waals surface area contributed by atoms with E-state index in [0.717, 1.165) is 16.2 Å². The Morgan fingerprint density at radius 3 is 2.76 bits per heavy atom. The van der Waals surface area contributed by atoms with Crippen LogP contribution in [0, 0.1) is 0 Å². The Kier molecular flexibility index (Phi) is 5.10. The summed E-state index contributed by atoms with van der Waals surface area (Å²) in [5.74, 6) is 0.504. The summed E-state index contributed by atoms with van der Waals surface area (Å²) >= 11 is 7.10. The van der Waals surface area contributed by atoms with Gasteiger partial charge < -0.3 is 9.84 Å². The first-order valence-electron chi connectivity index (χ1n) is 6.02. The average Bonchev–Trinajstić information content (AvgIpc) is 2.91. The van der Waals surface area contributed by atoms with Crippen LogP contribution in [-0.4, -0.2) is 27.2 Å². The molecule has 1 aromatic carbocycles. The molecule has 0 saturated heterocycles. The number of aliphatic hydroxyl groups is 1. The van der Waals surface area contributed by atoms with Gasteiger partial charge in [-0.1, -0.05) is 11.6 Å². The third-order valence-corrected chi connectivity index (χ3v) is 6.01. The highest BCUT2D eigenvalue weighted by Gasteiger charge is 2.18. The summed E-state index contributed by atoms with van der Waals surface area (Å²) in [5, 5.41) is 9.16. The van der Waals surface area contributed by atoms with Gasteiger partial charge in [-0.05, 0) is 24.3 Å². The molecule has 0 saturated carbocycles. The second-order valence-corrected chi connectivity index (χ2v) is 7.63. The zero-order chi connectivity index (χ0) is 15.5. The lowest BCUT2D eigenvalue weighted by atomic mass is 10.3. The monoisotopic (exact) mass is 347 g/mol. The minimum Gasteiger partial charge on any atom is -0.497 e. The highest BCUT2D eigenvalue weighted by Crippen LogP contribution is 2.30. The first kappa shape index (κ1) is 16.1. The first-order valence-corrected chi connectivity index (χ1v) is 8.70. The maximum atomic E-state index is 12.3. The van der Waals surface area contributed by atoms with E-state index in [0.29, 0.717) is 12.2 Å². The van der Waals surface area contributed by atoms with Gasteiger partial charge in [0.15, 0.2) is 0 Å². The van der Waals surface area contributed by atoms with E-state index >= 15 is 0 Å². The zero-order valence-electron chi connectivity index (χ0n) is 11.2. The fourth-order valence-corrected chi connectivity index (χ4v) is 4.29. The number of sulfonamides is 1. The predicted octanol–water partition coefficient (Wildman–Crippen LogP) is 2.75. The second kappa shape index (κ2) is 6.65. The van der Waals surface area contributed by atoms with E-state index in [9.17, 15) is 8.42 Å². The van der Waals surface area contributed by atoms with Crippen molar-refractivity contribution < 1.29 is 18.3 Å². The number of aliphatic hydroxyl groups excluding tert-OH is 1. The molecule has 0 unspecified atom stereocenters. The SMILES string of the molecule is COc1ccc(Cl)c(NS(=O)(=O)c2ccc(CCO)s2)c1. The van der Waals surface area contributed by atoms with Crippen LogP contribution in [0.15, 0.2) is 34.5 Å². The zero-order valence-corrected chi connectivity index (χ0v) is 13.6. The second-order valence-electron chi connectivity index (χ2n) is 4.15. The molecule has 0 spiro atoms. The molecule has 0 fully saturated rings. The molecule has 0 radical (unpaired) electrons. The summed E-state index contributed by atoms with van der Waals surface area (Å²) in [6, 6.07) is 7.91. The van der Waals surface area contributed by atoms with Gasteiger partial charge in [0.1, 0.15) is 9.96 Å². The van der Waals surface area contributed by atoms with Crippen LogP contribution in [0.25, 0.3) is 0 Å². The molecule has 2 aromatic rings. The van der Waals surface area contributed by atoms with E-state index in [4.69, 9.17) is 21.4 Å². The summed E-state index contributed by atoms with van der Waals surface area (Å²) in [5.41, 5.74) is 0.258. The van der Waals surface area contributed by atoms with Crippen molar-refractivity contribution in [1.29, 1.82) is 0 Å². The molecule has 5 nitrogen and oxygen atoms in total. The largest absolute Gasteiger partial charge is 0.497 e. The normalized spacial score (nSPS) is 11.4. The smallest absolute Gasteiger partial charge is 0.271 e. The summed E-state index contributed by atoms with van der Waals surface area (Å²) in [6.07, 6.45) is 0.431. The maximum absolute atomic E-state index is 12.3. The third-order valence-electron chi connectivity index (χ3n) is 2.68. The minimum atomic E-state index is -3.71. The average molecular weight is 348 g/mol. The molecule has 0 bridgehead atoms. The fraction of sp³-hybridized carbons (Fsp3) is 0.231. The maximum Gasteiger partial charge on any atom is 0.271 e. The Morgan fingerprint density at radius 2 is 2.10 bits per heavy atom. The number of halogens is 1. The van der Waals surface area contributed by atoms with Crippen molar-refractivity contribution in [2.24, 2.45) is 0 Å². The van der Waals surface area contributed by atoms with Gasteiger partial charge in [-0.25, -0.2) is 8.42 Å². The Balaban J connectivity index is 2.28. The molecule has 8 heteroatoms. The highest BCUT2D eigenvalue weighted by molar-refractivity contribution is 7.94. The lowest BCUT2D eigenvalue weighted by Crippen LogP contribution is -2.11. The number of ether oxygens (including phenoxy) is 1. The van der Waals surface area contributed by atoms with Crippen molar-refractivity contribution in [3.63, 3.8) is 0 Å². The minimum absolute atomic E-state index is 0.0187. The van der Waals surface area contributed by atoms with E-state index in [-0.39, 0.29) is 21.5 Å². The fourth-order valence-electron chi connectivity index (χ4n) is 1.65. The van der Waals surface area contributed by atoms with Crippen LogP contribution in [-0.2, 0) is 16.4 Å². The van der Waals surface area contributed by atoms with Crippen LogP contribution >= 0.6 is 22.9 Å². The number of nitrogens with one attached hydrogen (secondary N) is 1. The van der Waals surface area contributed by atoms with Gasteiger partial charge in [0.05, 0.1) is 17.8 Å². The van der Waals surface area contributed by atoms with Crippen LogP contribution in [0.2, 0.25) is 5.02 Å². The van der Waals surface area contributed by atoms with Gasteiger partial charge in [0.25, 0.3) is 10.0 Å². The van der Waals surface area contributed by atoms with E-state index in [1.54, 1.807) is 18.2 Å². The predicted molar refractivity (Wildman–Crippen MR) is 83.9 cm³/mol. The van der Waals surface area contributed by atoms with E-state index in [2.05, 4.69) is 4.72 Å². The Labute approximate surface area is 132 Å². The van der Waals surface area contributed by atoms with E-state index in [1.807, 2.05) is 0 Å². The molecular formula is C13H14ClNO4S2. The number of thiophene rings is 1. The number of rotatable bonds is 6. The van der Waals surface area contributed by atoms with Gasteiger partial charge in [0, 0.05) is 24.0 Å². The molecule has 114 valence electrons. The number of hydrogen-bond donors (Lipinski definition) is 2. The number of anilines is 1. The van der Waals surface area contributed by atoms with E-state index < -0.39 is 10.0 Å². The molecular weight excluding hydrogens is 334 g/mol. The van der Waals surface area contributed by atoms with Gasteiger partial charge in [-0.15, -0.1) is 11.3 Å². The van der Waals surface area contributed by atoms with Gasteiger partial charge in [-0.2, -0.15) is 0 Å². The molecule has 0 aliphatic rings. The Hall–Kier alpha value is -1.28. The number of benzene rings is 1. The third kappa shape index (κ3) is 3.88. The molecule has 2 N–H and O–H groups in total. The van der Waals surface area contributed by atoms with Crippen molar-refractivity contribution in [3.8, 4) is 5.75 Å². The van der Waals surface area contributed by atoms with Crippen molar-refractivity contribution in [2.75, 3.05) is 18.4 Å². The number of hydrogen-bond acceptors (Lipinski definition) is 5. The molecule has 1 aromatic heterocycles. The van der Waals surface area contributed by atoms with Crippen LogP contribution in [0.4, 0.5) is 5.69 Å². The molecule has 1 heterocycles. The Morgan fingerprint density at radius 1 is 1.33 bits per heavy atom. The van der Waals surface area contributed by atoms with Gasteiger partial charge in [-0.3, -0.25) is 4.72 Å². The van der Waals surface area contributed by atoms with Crippen LogP contribution in [0.5, 0.6) is 5.75 Å². The lowest BCUT2D eigenvalue weighted by Gasteiger charge is -2.09. The summed E-state index contributed by atoms with van der Waals surface area (Å²) in [4.78, 5) is 0.801. The molecule has 0 amide bonds. The molecule has 2 rings (SSSR count). The highest BCUT2D eigenvalue weighted by atomic mass is 35.5. The van der Waals surface area contributed by atoms with Crippen LogP contribution in [0.1, 0.15) is 4.88 Å². The molecule has 21 heavy (non-hydrogen) atoms. The van der Waals surface area contributed by atoms with Crippen molar-refractivity contribution >= 4 is 38.6 Å². The lowest BCUT2D eigenvalue weighted by molar-refractivity contribution is 0.300. The summed E-state index contributed by atoms with van der Waals surface area (Å²) in [6.45, 7) is -0.0187. The topological polar surface area (TPSA) is 75.6 Å². The molecule has 0 atom stereocenters. The Bertz CT molecular complexity index is 728. The quantitative estimate of drug-likeness (QED) is 0.842. The van der Waals surface area contributed by atoms with Crippen LogP contribution < -0.4 is 9.46 Å². The van der Waals surface area contributed by atoms with Gasteiger partial charge in [0.2, 0.25) is 0 Å². The summed E-state index contributed by atoms with van der Waals surface area (Å²) < 4.78 is 32.3. The van der Waals surface area contributed by atoms with E-state index in [1.165, 1.54) is 19.2 Å². The van der Waals surface area contributed by atoms with Crippen molar-refractivity contribution in [2.45, 2.75) is 10.6 Å². The number of methoxy groups -OCH3 is 1. The summed E-state index contributed by atoms with van der Waals surface area (Å²) in [7, 11) is -2.22. The van der Waals surface area contributed by atoms with Crippen molar-refractivity contribution in [3.05, 3.63) is 40.2 Å². The molecule has 0 aliphatic carbocycles. The first-order chi connectivity index (χ1) is 9.96. The molecule has 0 aliphatic heterocycles. The van der Waals surface area contributed by atoms with Crippen LogP contribution in [0.3, 0.4) is 0 Å². The van der Waals surface area contributed by atoms with Gasteiger partial charge >= 0.3 is 0 Å². The van der Waals surface area contributed by atoms with Crippen molar-refractivity contribution in [1.82, 2.24) is 0 Å².